The number of ketones is 1. The molecule has 1 aromatic heterocycles. The number of esters is 1. The minimum atomic E-state index is -0.896. The van der Waals surface area contributed by atoms with Crippen molar-refractivity contribution in [1.29, 1.82) is 0 Å². The second-order valence-corrected chi connectivity index (χ2v) is 5.62. The molecule has 0 aromatic carbocycles. The fourth-order valence-electron chi connectivity index (χ4n) is 1.75. The lowest BCUT2D eigenvalue weighted by Crippen LogP contribution is -2.19. The highest BCUT2D eigenvalue weighted by Crippen LogP contribution is 2.27. The third kappa shape index (κ3) is 3.96. The summed E-state index contributed by atoms with van der Waals surface area (Å²) in [5.74, 6) is -0.189. The summed E-state index contributed by atoms with van der Waals surface area (Å²) in [6.45, 7) is 2.99. The molecule has 0 aliphatic heterocycles. The van der Waals surface area contributed by atoms with Crippen molar-refractivity contribution in [2.24, 2.45) is 4.99 Å². The van der Waals surface area contributed by atoms with Gasteiger partial charge in [-0.1, -0.05) is 23.2 Å². The van der Waals surface area contributed by atoms with Crippen molar-refractivity contribution in [2.45, 2.75) is 32.7 Å². The zero-order valence-electron chi connectivity index (χ0n) is 12.5. The molecular weight excluding hydrogens is 346 g/mol. The Labute approximate surface area is 142 Å². The molecule has 8 heteroatoms. The van der Waals surface area contributed by atoms with Gasteiger partial charge in [0, 0.05) is 11.4 Å². The summed E-state index contributed by atoms with van der Waals surface area (Å²) in [6.07, 6.45) is 1.74. The first-order chi connectivity index (χ1) is 10.9. The lowest BCUT2D eigenvalue weighted by atomic mass is 10.0. The molecule has 1 fully saturated rings. The number of hydrogen-bond acceptors (Lipinski definition) is 5. The minimum absolute atomic E-state index is 0.0453. The van der Waals surface area contributed by atoms with Gasteiger partial charge < -0.3 is 4.74 Å². The first-order valence-electron chi connectivity index (χ1n) is 6.92. The molecule has 0 radical (unpaired) electrons. The van der Waals surface area contributed by atoms with Crippen LogP contribution in [0.3, 0.4) is 0 Å². The zero-order chi connectivity index (χ0) is 17.1. The molecule has 0 saturated heterocycles. The molecule has 0 amide bonds. The van der Waals surface area contributed by atoms with E-state index in [4.69, 9.17) is 27.9 Å². The summed E-state index contributed by atoms with van der Waals surface area (Å²) >= 11 is 11.5. The van der Waals surface area contributed by atoms with Crippen LogP contribution in [0.2, 0.25) is 10.3 Å². The number of rotatable bonds is 5. The third-order valence-electron chi connectivity index (χ3n) is 3.13. The maximum Gasteiger partial charge on any atom is 0.351 e. The van der Waals surface area contributed by atoms with Crippen molar-refractivity contribution in [3.8, 4) is 0 Å². The van der Waals surface area contributed by atoms with Gasteiger partial charge in [-0.15, -0.1) is 0 Å². The van der Waals surface area contributed by atoms with E-state index in [0.29, 0.717) is 0 Å². The molecule has 1 heterocycles. The lowest BCUT2D eigenvalue weighted by Gasteiger charge is -2.09. The first-order valence-corrected chi connectivity index (χ1v) is 7.68. The van der Waals surface area contributed by atoms with Gasteiger partial charge in [0.25, 0.3) is 0 Å². The van der Waals surface area contributed by atoms with Crippen LogP contribution in [0, 0.1) is 12.7 Å². The molecule has 0 atom stereocenters. The summed E-state index contributed by atoms with van der Waals surface area (Å²) in [7, 11) is 0. The zero-order valence-corrected chi connectivity index (χ0v) is 14.0. The smallest absolute Gasteiger partial charge is 0.351 e. The Bertz CT molecular complexity index is 739. The van der Waals surface area contributed by atoms with Crippen molar-refractivity contribution in [3.05, 3.63) is 32.8 Å². The van der Waals surface area contributed by atoms with E-state index in [1.54, 1.807) is 6.92 Å². The highest BCUT2D eigenvalue weighted by Gasteiger charge is 2.29. The summed E-state index contributed by atoms with van der Waals surface area (Å²) in [5.41, 5.74) is -0.794. The number of hydrogen-bond donors (Lipinski definition) is 0. The summed E-state index contributed by atoms with van der Waals surface area (Å²) < 4.78 is 18.7. The standard InChI is InChI=1S/C15H13Cl2FN2O3/c1-3-23-15(22)9(6-19-8-4-5-8)12(21)10-7(2)11(18)14(17)20-13(10)16/h8H,3-5H2,1-2H3. The van der Waals surface area contributed by atoms with Gasteiger partial charge in [0.15, 0.2) is 16.5 Å². The van der Waals surface area contributed by atoms with E-state index >= 15 is 0 Å². The normalized spacial score (nSPS) is 13.3. The average molecular weight is 359 g/mol. The third-order valence-corrected chi connectivity index (χ3v) is 3.65. The fourth-order valence-corrected chi connectivity index (χ4v) is 2.33. The maximum absolute atomic E-state index is 13.9. The van der Waals surface area contributed by atoms with Crippen molar-refractivity contribution in [3.63, 3.8) is 0 Å². The maximum atomic E-state index is 13.9. The van der Waals surface area contributed by atoms with Crippen LogP contribution in [-0.4, -0.2) is 35.3 Å². The minimum Gasteiger partial charge on any atom is -0.462 e. The van der Waals surface area contributed by atoms with Crippen molar-refractivity contribution in [2.75, 3.05) is 6.61 Å². The largest absolute Gasteiger partial charge is 0.462 e. The van der Waals surface area contributed by atoms with Gasteiger partial charge in [0.05, 0.1) is 18.2 Å². The Kier molecular flexibility index (Phi) is 5.52. The fraction of sp³-hybridized carbons (Fsp3) is 0.400. The van der Waals surface area contributed by atoms with Gasteiger partial charge in [-0.2, -0.15) is 0 Å². The van der Waals surface area contributed by atoms with Crippen molar-refractivity contribution in [1.82, 2.24) is 4.98 Å². The van der Waals surface area contributed by atoms with Crippen molar-refractivity contribution >= 4 is 40.8 Å². The molecule has 23 heavy (non-hydrogen) atoms. The molecule has 122 valence electrons. The second-order valence-electron chi connectivity index (χ2n) is 4.90. The van der Waals surface area contributed by atoms with E-state index < -0.39 is 28.3 Å². The summed E-state index contributed by atoms with van der Waals surface area (Å²) in [6, 6.07) is 0.0453. The number of Topliss-reactive ketones (excluding diaryl/α,β-unsaturated/α-hetero) is 1. The molecular formula is C15H13Cl2FN2O3. The Morgan fingerprint density at radius 1 is 1.39 bits per heavy atom. The number of aliphatic imine (C=N–C) groups is 1. The Hall–Kier alpha value is -1.75. The monoisotopic (exact) mass is 358 g/mol. The van der Waals surface area contributed by atoms with Crippen LogP contribution < -0.4 is 0 Å². The van der Waals surface area contributed by atoms with Crippen LogP contribution in [0.5, 0.6) is 0 Å². The quantitative estimate of drug-likeness (QED) is 0.154. The van der Waals surface area contributed by atoms with E-state index in [2.05, 4.69) is 15.8 Å². The second kappa shape index (κ2) is 7.21. The van der Waals surface area contributed by atoms with Crippen LogP contribution in [0.4, 0.5) is 4.39 Å². The summed E-state index contributed by atoms with van der Waals surface area (Å²) in [5, 5.41) is -0.744. The predicted octanol–water partition coefficient (Wildman–Crippen LogP) is 3.34. The number of nitrogens with zero attached hydrogens (tertiary/aromatic N) is 2. The van der Waals surface area contributed by atoms with Crippen LogP contribution in [0.25, 0.3) is 0 Å². The average Bonchev–Trinajstić information content (AvgIpc) is 3.29. The number of pyridine rings is 1. The number of carbonyl (C=O) groups is 2. The molecule has 2 rings (SSSR count). The van der Waals surface area contributed by atoms with Gasteiger partial charge in [-0.25, -0.2) is 19.2 Å². The topological polar surface area (TPSA) is 68.6 Å². The molecule has 1 saturated carbocycles. The van der Waals surface area contributed by atoms with Crippen LogP contribution >= 0.6 is 23.2 Å². The number of halogens is 3. The van der Waals surface area contributed by atoms with Crippen LogP contribution in [0.1, 0.15) is 35.7 Å². The number of ether oxygens (including phenoxy) is 1. The van der Waals surface area contributed by atoms with E-state index in [0.717, 1.165) is 12.8 Å². The predicted molar refractivity (Wildman–Crippen MR) is 83.9 cm³/mol. The highest BCUT2D eigenvalue weighted by molar-refractivity contribution is 6.39. The van der Waals surface area contributed by atoms with Crippen molar-refractivity contribution < 1.29 is 18.7 Å². The highest BCUT2D eigenvalue weighted by atomic mass is 35.5. The van der Waals surface area contributed by atoms with Gasteiger partial charge in [-0.3, -0.25) is 4.79 Å². The molecule has 5 nitrogen and oxygen atoms in total. The van der Waals surface area contributed by atoms with Crippen LogP contribution in [0.15, 0.2) is 10.6 Å². The van der Waals surface area contributed by atoms with Gasteiger partial charge >= 0.3 is 5.97 Å². The van der Waals surface area contributed by atoms with E-state index in [9.17, 15) is 14.0 Å². The molecule has 0 bridgehead atoms. The molecule has 1 aliphatic rings. The first kappa shape index (κ1) is 17.6. The number of aromatic nitrogens is 1. The van der Waals surface area contributed by atoms with E-state index in [1.165, 1.54) is 6.92 Å². The van der Waals surface area contributed by atoms with E-state index in [-0.39, 0.29) is 28.9 Å². The molecule has 0 N–H and O–H groups in total. The van der Waals surface area contributed by atoms with E-state index in [1.807, 2.05) is 0 Å². The summed E-state index contributed by atoms with van der Waals surface area (Å²) in [4.78, 5) is 32.1. The molecule has 1 aromatic rings. The van der Waals surface area contributed by atoms with Gasteiger partial charge in [0.1, 0.15) is 5.15 Å². The lowest BCUT2D eigenvalue weighted by molar-refractivity contribution is -0.137. The Morgan fingerprint density at radius 2 is 2.04 bits per heavy atom. The molecule has 0 unspecified atom stereocenters. The molecule has 1 aliphatic carbocycles. The SMILES string of the molecule is CCOC(=O)C(=C=NC1CC1)C(=O)c1c(Cl)nc(Cl)c(F)c1C. The molecule has 0 spiro atoms. The van der Waals surface area contributed by atoms with Gasteiger partial charge in [-0.05, 0) is 26.7 Å². The Balaban J connectivity index is 2.52. The van der Waals surface area contributed by atoms with Crippen LogP contribution in [-0.2, 0) is 9.53 Å². The number of carbonyl (C=O) groups excluding carboxylic acids is 2. The van der Waals surface area contributed by atoms with Gasteiger partial charge in [0.2, 0.25) is 5.78 Å². The Morgan fingerprint density at radius 3 is 2.61 bits per heavy atom.